The third kappa shape index (κ3) is 5.50. The van der Waals surface area contributed by atoms with Crippen molar-refractivity contribution in [3.8, 4) is 34.6 Å². The summed E-state index contributed by atoms with van der Waals surface area (Å²) in [6.07, 6.45) is 1.62. The van der Waals surface area contributed by atoms with Gasteiger partial charge in [-0.1, -0.05) is 6.07 Å². The summed E-state index contributed by atoms with van der Waals surface area (Å²) >= 11 is 1.52. The zero-order chi connectivity index (χ0) is 23.2. The minimum absolute atomic E-state index is 0.228. The predicted molar refractivity (Wildman–Crippen MR) is 127 cm³/mol. The van der Waals surface area contributed by atoms with Gasteiger partial charge >= 0.3 is 0 Å². The van der Waals surface area contributed by atoms with E-state index in [0.29, 0.717) is 22.6 Å². The molecule has 0 N–H and O–H groups in total. The molecule has 1 aromatic carbocycles. The number of hydrogen-bond donors (Lipinski definition) is 0. The van der Waals surface area contributed by atoms with Crippen LogP contribution >= 0.6 is 11.3 Å². The Balaban J connectivity index is 1.47. The lowest BCUT2D eigenvalue weighted by molar-refractivity contribution is 0.282. The first-order valence-corrected chi connectivity index (χ1v) is 12.7. The van der Waals surface area contributed by atoms with Crippen molar-refractivity contribution in [3.05, 3.63) is 52.1 Å². The summed E-state index contributed by atoms with van der Waals surface area (Å²) in [5.74, 6) is 2.90. The highest BCUT2D eigenvalue weighted by molar-refractivity contribution is 7.85. The number of rotatable bonds is 8. The van der Waals surface area contributed by atoms with Crippen LogP contribution in [0.1, 0.15) is 16.3 Å². The molecule has 10 heteroatoms. The van der Waals surface area contributed by atoms with E-state index in [4.69, 9.17) is 14.2 Å². The first-order chi connectivity index (χ1) is 16.1. The Morgan fingerprint density at radius 3 is 2.70 bits per heavy atom. The molecule has 0 amide bonds. The normalized spacial score (nSPS) is 14.6. The molecule has 8 nitrogen and oxygen atoms in total. The van der Waals surface area contributed by atoms with E-state index in [0.717, 1.165) is 47.4 Å². The number of hydrogen-bond acceptors (Lipinski definition) is 9. The van der Waals surface area contributed by atoms with E-state index in [2.05, 4.69) is 20.9 Å². The summed E-state index contributed by atoms with van der Waals surface area (Å²) in [5, 5.41) is 12.7. The largest absolute Gasteiger partial charge is 0.493 e. The van der Waals surface area contributed by atoms with Crippen molar-refractivity contribution in [3.63, 3.8) is 0 Å². The second kappa shape index (κ2) is 10.7. The van der Waals surface area contributed by atoms with Gasteiger partial charge in [0.15, 0.2) is 11.5 Å². The number of aromatic nitrogens is 2. The first-order valence-electron chi connectivity index (χ1n) is 10.4. The fourth-order valence-electron chi connectivity index (χ4n) is 3.59. The summed E-state index contributed by atoms with van der Waals surface area (Å²) in [4.78, 5) is 11.2. The van der Waals surface area contributed by atoms with Gasteiger partial charge in [0.2, 0.25) is 5.88 Å². The van der Waals surface area contributed by atoms with Crippen LogP contribution in [0, 0.1) is 11.3 Å². The molecule has 0 bridgehead atoms. The average molecular weight is 485 g/mol. The van der Waals surface area contributed by atoms with Crippen molar-refractivity contribution in [1.82, 2.24) is 14.9 Å². The molecule has 1 fully saturated rings. The van der Waals surface area contributed by atoms with E-state index in [1.54, 1.807) is 32.5 Å². The van der Waals surface area contributed by atoms with E-state index < -0.39 is 10.8 Å². The Kier molecular flexibility index (Phi) is 7.54. The van der Waals surface area contributed by atoms with Crippen LogP contribution in [0.15, 0.2) is 35.8 Å². The quantitative estimate of drug-likeness (QED) is 0.481. The van der Waals surface area contributed by atoms with Crippen LogP contribution in [-0.2, 0) is 24.0 Å². The zero-order valence-electron chi connectivity index (χ0n) is 18.4. The number of benzene rings is 1. The summed E-state index contributed by atoms with van der Waals surface area (Å²) in [6, 6.07) is 9.48. The van der Waals surface area contributed by atoms with Gasteiger partial charge in [-0.3, -0.25) is 9.11 Å². The number of ether oxygens (including phenoxy) is 3. The highest BCUT2D eigenvalue weighted by atomic mass is 32.2. The molecule has 0 saturated carbocycles. The Hall–Kier alpha value is -3.00. The van der Waals surface area contributed by atoms with Gasteiger partial charge in [0, 0.05) is 59.1 Å². The molecule has 1 saturated heterocycles. The third-order valence-corrected chi connectivity index (χ3v) is 7.46. The van der Waals surface area contributed by atoms with Crippen molar-refractivity contribution in [1.29, 1.82) is 5.26 Å². The molecule has 0 atom stereocenters. The van der Waals surface area contributed by atoms with Gasteiger partial charge < -0.3 is 14.2 Å². The van der Waals surface area contributed by atoms with E-state index in [1.165, 1.54) is 11.3 Å². The maximum Gasteiger partial charge on any atom is 0.232 e. The summed E-state index contributed by atoms with van der Waals surface area (Å²) in [5.41, 5.74) is 2.82. The minimum Gasteiger partial charge on any atom is -0.493 e. The summed E-state index contributed by atoms with van der Waals surface area (Å²) < 4.78 is 28.1. The van der Waals surface area contributed by atoms with Gasteiger partial charge in [0.05, 0.1) is 19.9 Å². The summed E-state index contributed by atoms with van der Waals surface area (Å²) in [7, 11) is 2.46. The highest BCUT2D eigenvalue weighted by Crippen LogP contribution is 2.35. The van der Waals surface area contributed by atoms with Crippen molar-refractivity contribution in [2.75, 3.05) is 38.8 Å². The molecule has 1 aliphatic rings. The van der Waals surface area contributed by atoms with E-state index in [9.17, 15) is 9.47 Å². The van der Waals surface area contributed by atoms with E-state index in [1.807, 2.05) is 17.5 Å². The topological polar surface area (TPSA) is 97.6 Å². The fraction of sp³-hybridized carbons (Fsp3) is 0.348. The molecule has 33 heavy (non-hydrogen) atoms. The van der Waals surface area contributed by atoms with Crippen LogP contribution in [0.4, 0.5) is 0 Å². The number of pyridine rings is 1. The van der Waals surface area contributed by atoms with Crippen molar-refractivity contribution in [2.45, 2.75) is 13.2 Å². The average Bonchev–Trinajstić information content (AvgIpc) is 3.30. The van der Waals surface area contributed by atoms with Gasteiger partial charge in [0.1, 0.15) is 23.2 Å². The molecule has 2 aromatic heterocycles. The first kappa shape index (κ1) is 23.2. The lowest BCUT2D eigenvalue weighted by Gasteiger charge is -2.25. The van der Waals surface area contributed by atoms with E-state index >= 15 is 0 Å². The second-order valence-corrected chi connectivity index (χ2v) is 10.0. The molecule has 3 aromatic rings. The lowest BCUT2D eigenvalue weighted by Crippen LogP contribution is -2.37. The molecule has 3 heterocycles. The number of nitriles is 1. The van der Waals surface area contributed by atoms with Gasteiger partial charge in [-0.25, -0.2) is 9.97 Å². The fourth-order valence-corrected chi connectivity index (χ4v) is 5.41. The highest BCUT2D eigenvalue weighted by Gasteiger charge is 2.18. The molecule has 0 spiro atoms. The van der Waals surface area contributed by atoms with Crippen molar-refractivity contribution >= 4 is 22.1 Å². The standard InChI is InChI=1S/C23H24N4O4S2/c1-29-20-4-3-16(11-21(20)30-2)18-5-6-25-23(19(18)12-24)31-14-22-26-17(15-32-22)13-27-7-9-33(28)10-8-27/h3-6,11,15H,7-10,13-14H2,1-2H3. The SMILES string of the molecule is COc1ccc(-c2ccnc(OCc3nc(CN4CCS(=O)CC4)cs3)c2C#N)cc1OC. The van der Waals surface area contributed by atoms with Gasteiger partial charge in [0.25, 0.3) is 0 Å². The predicted octanol–water partition coefficient (Wildman–Crippen LogP) is 3.24. The van der Waals surface area contributed by atoms with E-state index in [-0.39, 0.29) is 12.5 Å². The third-order valence-electron chi connectivity index (χ3n) is 5.31. The maximum atomic E-state index is 11.5. The zero-order valence-corrected chi connectivity index (χ0v) is 20.1. The van der Waals surface area contributed by atoms with Crippen LogP contribution in [0.5, 0.6) is 17.4 Å². The Labute approximate surface area is 199 Å². The smallest absolute Gasteiger partial charge is 0.232 e. The Morgan fingerprint density at radius 2 is 1.97 bits per heavy atom. The van der Waals surface area contributed by atoms with Gasteiger partial charge in [-0.15, -0.1) is 11.3 Å². The minimum atomic E-state index is -0.687. The summed E-state index contributed by atoms with van der Waals surface area (Å²) in [6.45, 7) is 2.62. The van der Waals surface area contributed by atoms with Gasteiger partial charge in [-0.05, 0) is 23.8 Å². The lowest BCUT2D eigenvalue weighted by atomic mass is 10.0. The van der Waals surface area contributed by atoms with Crippen LogP contribution in [0.3, 0.4) is 0 Å². The number of methoxy groups -OCH3 is 2. The van der Waals surface area contributed by atoms with Crippen LogP contribution in [-0.4, -0.2) is 57.9 Å². The van der Waals surface area contributed by atoms with Crippen molar-refractivity contribution in [2.24, 2.45) is 0 Å². The molecule has 0 aliphatic carbocycles. The Morgan fingerprint density at radius 1 is 1.18 bits per heavy atom. The molecule has 0 radical (unpaired) electrons. The van der Waals surface area contributed by atoms with Crippen LogP contribution < -0.4 is 14.2 Å². The Bertz CT molecular complexity index is 1180. The van der Waals surface area contributed by atoms with Crippen LogP contribution in [0.25, 0.3) is 11.1 Å². The molecular formula is C23H24N4O4S2. The molecule has 172 valence electrons. The molecule has 4 rings (SSSR count). The number of nitrogens with zero attached hydrogens (tertiary/aromatic N) is 4. The van der Waals surface area contributed by atoms with Gasteiger partial charge in [-0.2, -0.15) is 5.26 Å². The molecule has 0 unspecified atom stereocenters. The monoisotopic (exact) mass is 484 g/mol. The maximum absolute atomic E-state index is 11.5. The molecule has 1 aliphatic heterocycles. The second-order valence-electron chi connectivity index (χ2n) is 7.37. The number of thiazole rings is 1. The molecular weight excluding hydrogens is 460 g/mol. The van der Waals surface area contributed by atoms with Crippen molar-refractivity contribution < 1.29 is 18.4 Å². The van der Waals surface area contributed by atoms with Crippen LogP contribution in [0.2, 0.25) is 0 Å².